The average Bonchev–Trinajstić information content (AvgIpc) is 2.65. The third kappa shape index (κ3) is 1.99. The second-order valence-corrected chi connectivity index (χ2v) is 3.33. The van der Waals surface area contributed by atoms with Gasteiger partial charge in [0.1, 0.15) is 5.82 Å². The van der Waals surface area contributed by atoms with Gasteiger partial charge in [0, 0.05) is 12.7 Å². The van der Waals surface area contributed by atoms with Crippen LogP contribution in [0.5, 0.6) is 0 Å². The van der Waals surface area contributed by atoms with Gasteiger partial charge in [0.05, 0.1) is 12.8 Å². The van der Waals surface area contributed by atoms with Crippen molar-refractivity contribution in [3.8, 4) is 11.1 Å². The molecule has 0 radical (unpaired) electrons. The van der Waals surface area contributed by atoms with Crippen LogP contribution in [0.25, 0.3) is 11.1 Å². The van der Waals surface area contributed by atoms with Gasteiger partial charge >= 0.3 is 0 Å². The Balaban J connectivity index is 2.37. The van der Waals surface area contributed by atoms with E-state index in [1.54, 1.807) is 13.3 Å². The summed E-state index contributed by atoms with van der Waals surface area (Å²) in [5.41, 5.74) is 8.84. The zero-order valence-electron chi connectivity index (χ0n) is 8.53. The van der Waals surface area contributed by atoms with Crippen LogP contribution in [0.4, 0.5) is 5.82 Å². The highest BCUT2D eigenvalue weighted by atomic mass is 16.5. The van der Waals surface area contributed by atoms with Gasteiger partial charge < -0.3 is 10.5 Å². The Morgan fingerprint density at radius 1 is 1.47 bits per heavy atom. The Morgan fingerprint density at radius 3 is 3.00 bits per heavy atom. The minimum absolute atomic E-state index is 0.588. The molecule has 0 aliphatic carbocycles. The molecule has 0 saturated heterocycles. The summed E-state index contributed by atoms with van der Waals surface area (Å²) in [6, 6.07) is 8.05. The maximum absolute atomic E-state index is 5.75. The first-order valence-electron chi connectivity index (χ1n) is 4.68. The van der Waals surface area contributed by atoms with Crippen LogP contribution in [0.2, 0.25) is 0 Å². The molecule has 1 aromatic heterocycles. The first-order valence-corrected chi connectivity index (χ1v) is 4.68. The molecular weight excluding hydrogens is 190 g/mol. The fraction of sp³-hybridized carbons (Fsp3) is 0.182. The highest BCUT2D eigenvalue weighted by Gasteiger charge is 2.04. The Bertz CT molecular complexity index is 451. The highest BCUT2D eigenvalue weighted by Crippen LogP contribution is 2.24. The molecule has 3 N–H and O–H groups in total. The molecule has 2 aromatic rings. The van der Waals surface area contributed by atoms with Crippen molar-refractivity contribution in [3.63, 3.8) is 0 Å². The molecular formula is C11H13N3O. The van der Waals surface area contributed by atoms with Gasteiger partial charge in [0.2, 0.25) is 0 Å². The van der Waals surface area contributed by atoms with Gasteiger partial charge in [-0.2, -0.15) is 5.10 Å². The number of ether oxygens (including phenoxy) is 1. The minimum atomic E-state index is 0.588. The molecule has 0 spiro atoms. The predicted octanol–water partition coefficient (Wildman–Crippen LogP) is 1.81. The lowest BCUT2D eigenvalue weighted by atomic mass is 10.1. The van der Waals surface area contributed by atoms with Gasteiger partial charge in [0.15, 0.2) is 0 Å². The van der Waals surface area contributed by atoms with Crippen molar-refractivity contribution >= 4 is 5.82 Å². The number of nitrogens with zero attached hydrogens (tertiary/aromatic N) is 1. The van der Waals surface area contributed by atoms with Crippen molar-refractivity contribution in [3.05, 3.63) is 36.0 Å². The lowest BCUT2D eigenvalue weighted by Gasteiger charge is -2.03. The monoisotopic (exact) mass is 203 g/mol. The number of H-pyrrole nitrogens is 1. The number of hydrogen-bond acceptors (Lipinski definition) is 3. The molecule has 1 aromatic carbocycles. The average molecular weight is 203 g/mol. The highest BCUT2D eigenvalue weighted by molar-refractivity contribution is 5.73. The van der Waals surface area contributed by atoms with E-state index < -0.39 is 0 Å². The smallest absolute Gasteiger partial charge is 0.126 e. The number of nitrogens with two attached hydrogens (primary N) is 1. The van der Waals surface area contributed by atoms with E-state index in [9.17, 15) is 0 Å². The van der Waals surface area contributed by atoms with E-state index in [0.717, 1.165) is 16.7 Å². The van der Waals surface area contributed by atoms with Gasteiger partial charge in [-0.25, -0.2) is 0 Å². The molecule has 0 fully saturated rings. The Hall–Kier alpha value is -1.81. The number of nitrogen functional groups attached to an aromatic ring is 1. The largest absolute Gasteiger partial charge is 0.384 e. The summed E-state index contributed by atoms with van der Waals surface area (Å²) in [5, 5.41) is 6.61. The van der Waals surface area contributed by atoms with E-state index in [-0.39, 0.29) is 0 Å². The fourth-order valence-corrected chi connectivity index (χ4v) is 1.52. The molecule has 1 heterocycles. The predicted molar refractivity (Wildman–Crippen MR) is 59.1 cm³/mol. The van der Waals surface area contributed by atoms with Crippen molar-refractivity contribution in [2.45, 2.75) is 6.61 Å². The quantitative estimate of drug-likeness (QED) is 0.799. The summed E-state index contributed by atoms with van der Waals surface area (Å²) in [5.74, 6) is 0.588. The second-order valence-electron chi connectivity index (χ2n) is 3.33. The summed E-state index contributed by atoms with van der Waals surface area (Å²) >= 11 is 0. The first kappa shape index (κ1) is 9.73. The van der Waals surface area contributed by atoms with Crippen molar-refractivity contribution in [1.82, 2.24) is 10.2 Å². The standard InChI is InChI=1S/C11H13N3O/c1-15-7-8-3-2-4-9(5-8)10-6-13-14-11(10)12/h2-6H,7H2,1H3,(H3,12,13,14). The first-order chi connectivity index (χ1) is 7.31. The Labute approximate surface area is 88.1 Å². The van der Waals surface area contributed by atoms with Gasteiger partial charge in [-0.1, -0.05) is 18.2 Å². The van der Waals surface area contributed by atoms with Crippen LogP contribution in [0.1, 0.15) is 5.56 Å². The SMILES string of the molecule is COCc1cccc(-c2cn[nH]c2N)c1. The number of hydrogen-bond donors (Lipinski definition) is 2. The normalized spacial score (nSPS) is 10.5. The zero-order chi connectivity index (χ0) is 10.7. The summed E-state index contributed by atoms with van der Waals surface area (Å²) in [6.07, 6.45) is 1.72. The molecule has 78 valence electrons. The van der Waals surface area contributed by atoms with Crippen LogP contribution < -0.4 is 5.73 Å². The van der Waals surface area contributed by atoms with Crippen LogP contribution in [-0.2, 0) is 11.3 Å². The van der Waals surface area contributed by atoms with Crippen LogP contribution in [-0.4, -0.2) is 17.3 Å². The maximum atomic E-state index is 5.75. The molecule has 0 saturated carbocycles. The Kier molecular flexibility index (Phi) is 2.69. The molecule has 0 aliphatic heterocycles. The Morgan fingerprint density at radius 2 is 2.33 bits per heavy atom. The van der Waals surface area contributed by atoms with Gasteiger partial charge in [0.25, 0.3) is 0 Å². The number of benzene rings is 1. The topological polar surface area (TPSA) is 63.9 Å². The van der Waals surface area contributed by atoms with Crippen molar-refractivity contribution in [2.24, 2.45) is 0 Å². The van der Waals surface area contributed by atoms with E-state index >= 15 is 0 Å². The van der Waals surface area contributed by atoms with Crippen LogP contribution >= 0.6 is 0 Å². The second kappa shape index (κ2) is 4.14. The van der Waals surface area contributed by atoms with Crippen LogP contribution in [0.15, 0.2) is 30.5 Å². The number of anilines is 1. The van der Waals surface area contributed by atoms with E-state index in [4.69, 9.17) is 10.5 Å². The summed E-state index contributed by atoms with van der Waals surface area (Å²) in [4.78, 5) is 0. The van der Waals surface area contributed by atoms with Crippen LogP contribution in [0, 0.1) is 0 Å². The molecule has 0 unspecified atom stereocenters. The van der Waals surface area contributed by atoms with E-state index in [0.29, 0.717) is 12.4 Å². The number of aromatic nitrogens is 2. The van der Waals surface area contributed by atoms with E-state index in [1.807, 2.05) is 24.3 Å². The van der Waals surface area contributed by atoms with Crippen LogP contribution in [0.3, 0.4) is 0 Å². The number of methoxy groups -OCH3 is 1. The zero-order valence-corrected chi connectivity index (χ0v) is 8.53. The van der Waals surface area contributed by atoms with Gasteiger partial charge in [-0.3, -0.25) is 5.10 Å². The minimum Gasteiger partial charge on any atom is -0.384 e. The van der Waals surface area contributed by atoms with E-state index in [2.05, 4.69) is 10.2 Å². The van der Waals surface area contributed by atoms with Crippen molar-refractivity contribution in [1.29, 1.82) is 0 Å². The number of nitrogens with one attached hydrogen (secondary N) is 1. The summed E-state index contributed by atoms with van der Waals surface area (Å²) in [7, 11) is 1.68. The van der Waals surface area contributed by atoms with Gasteiger partial charge in [-0.15, -0.1) is 0 Å². The lowest BCUT2D eigenvalue weighted by Crippen LogP contribution is -1.90. The van der Waals surface area contributed by atoms with Gasteiger partial charge in [-0.05, 0) is 17.2 Å². The molecule has 15 heavy (non-hydrogen) atoms. The maximum Gasteiger partial charge on any atom is 0.126 e. The van der Waals surface area contributed by atoms with Crippen molar-refractivity contribution < 1.29 is 4.74 Å². The molecule has 0 amide bonds. The molecule has 0 bridgehead atoms. The fourth-order valence-electron chi connectivity index (χ4n) is 1.52. The molecule has 0 aliphatic rings. The molecule has 4 nitrogen and oxygen atoms in total. The van der Waals surface area contributed by atoms with Crippen molar-refractivity contribution in [2.75, 3.05) is 12.8 Å². The summed E-state index contributed by atoms with van der Waals surface area (Å²) < 4.78 is 5.08. The van der Waals surface area contributed by atoms with E-state index in [1.165, 1.54) is 0 Å². The number of aromatic amines is 1. The molecule has 2 rings (SSSR count). The third-order valence-corrected chi connectivity index (χ3v) is 2.22. The number of rotatable bonds is 3. The third-order valence-electron chi connectivity index (χ3n) is 2.22. The summed E-state index contributed by atoms with van der Waals surface area (Å²) in [6.45, 7) is 0.603. The molecule has 4 heteroatoms. The lowest BCUT2D eigenvalue weighted by molar-refractivity contribution is 0.185. The molecule has 0 atom stereocenters.